The van der Waals surface area contributed by atoms with Gasteiger partial charge in [0.05, 0.1) is 19.2 Å². The van der Waals surface area contributed by atoms with Gasteiger partial charge in [-0.1, -0.05) is 6.07 Å². The number of nitrogens with zero attached hydrogens (tertiary/aromatic N) is 4. The SMILES string of the molecule is COc1cc(-c2nn(Cl)c3ccc(C4C[C@@H]5CN(C6CCCOC6)C[C@@H]5C4)cc23)ccn1. The number of aromatic nitrogens is 3. The molecule has 2 saturated heterocycles. The molecule has 3 fully saturated rings. The van der Waals surface area contributed by atoms with E-state index in [1.807, 2.05) is 12.1 Å². The normalized spacial score (nSPS) is 28.3. The molecule has 7 heteroatoms. The Bertz CT molecular complexity index is 1110. The van der Waals surface area contributed by atoms with E-state index in [0.29, 0.717) is 17.8 Å². The van der Waals surface area contributed by atoms with Crippen LogP contribution in [-0.2, 0) is 4.74 Å². The van der Waals surface area contributed by atoms with Gasteiger partial charge in [-0.15, -0.1) is 0 Å². The summed E-state index contributed by atoms with van der Waals surface area (Å²) >= 11 is 6.42. The molecule has 32 heavy (non-hydrogen) atoms. The first kappa shape index (κ1) is 20.5. The van der Waals surface area contributed by atoms with Crippen molar-refractivity contribution >= 4 is 22.7 Å². The Morgan fingerprint density at radius 1 is 1.12 bits per heavy atom. The topological polar surface area (TPSA) is 52.4 Å². The van der Waals surface area contributed by atoms with Crippen molar-refractivity contribution in [2.45, 2.75) is 37.6 Å². The molecule has 2 unspecified atom stereocenters. The third kappa shape index (κ3) is 3.58. The van der Waals surface area contributed by atoms with Gasteiger partial charge in [0.1, 0.15) is 5.69 Å². The predicted octanol–water partition coefficient (Wildman–Crippen LogP) is 4.71. The summed E-state index contributed by atoms with van der Waals surface area (Å²) < 4.78 is 12.5. The highest BCUT2D eigenvalue weighted by molar-refractivity contribution is 6.19. The lowest BCUT2D eigenvalue weighted by Crippen LogP contribution is -2.40. The van der Waals surface area contributed by atoms with E-state index in [4.69, 9.17) is 21.3 Å². The number of hydrogen-bond acceptors (Lipinski definition) is 5. The van der Waals surface area contributed by atoms with Crippen molar-refractivity contribution in [3.05, 3.63) is 42.1 Å². The van der Waals surface area contributed by atoms with Gasteiger partial charge in [0.25, 0.3) is 0 Å². The van der Waals surface area contributed by atoms with Crippen molar-refractivity contribution < 1.29 is 9.47 Å². The molecule has 2 aliphatic heterocycles. The second-order valence-electron chi connectivity index (χ2n) is 9.59. The summed E-state index contributed by atoms with van der Waals surface area (Å²) in [5, 5.41) is 5.69. The van der Waals surface area contributed by atoms with E-state index in [1.165, 1.54) is 48.5 Å². The zero-order chi connectivity index (χ0) is 21.7. The lowest BCUT2D eigenvalue weighted by atomic mass is 9.93. The molecule has 6 nitrogen and oxygen atoms in total. The maximum atomic E-state index is 6.42. The maximum absolute atomic E-state index is 6.42. The number of likely N-dealkylation sites (tertiary alicyclic amines) is 1. The van der Waals surface area contributed by atoms with Crippen molar-refractivity contribution in [3.8, 4) is 17.1 Å². The van der Waals surface area contributed by atoms with Gasteiger partial charge in [0.15, 0.2) is 0 Å². The number of hydrogen-bond donors (Lipinski definition) is 0. The monoisotopic (exact) mass is 452 g/mol. The third-order valence-corrected chi connectivity index (χ3v) is 8.04. The van der Waals surface area contributed by atoms with Crippen LogP contribution in [0.3, 0.4) is 0 Å². The van der Waals surface area contributed by atoms with Crippen LogP contribution in [0.1, 0.15) is 37.2 Å². The minimum Gasteiger partial charge on any atom is -0.481 e. The molecule has 2 aromatic heterocycles. The molecule has 1 aliphatic carbocycles. The first-order valence-electron chi connectivity index (χ1n) is 11.7. The van der Waals surface area contributed by atoms with Gasteiger partial charge in [-0.25, -0.2) is 4.98 Å². The Balaban J connectivity index is 1.24. The summed E-state index contributed by atoms with van der Waals surface area (Å²) in [5.41, 5.74) is 4.18. The average molecular weight is 453 g/mol. The van der Waals surface area contributed by atoms with Crippen LogP contribution in [0, 0.1) is 11.8 Å². The molecule has 0 radical (unpaired) electrons. The van der Waals surface area contributed by atoms with Gasteiger partial charge in [-0.2, -0.15) is 9.30 Å². The van der Waals surface area contributed by atoms with Crippen LogP contribution in [0.2, 0.25) is 0 Å². The van der Waals surface area contributed by atoms with Crippen LogP contribution in [0.5, 0.6) is 5.88 Å². The van der Waals surface area contributed by atoms with E-state index in [2.05, 4.69) is 33.2 Å². The van der Waals surface area contributed by atoms with Crippen LogP contribution in [-0.4, -0.2) is 58.6 Å². The summed E-state index contributed by atoms with van der Waals surface area (Å²) in [7, 11) is 1.63. The number of rotatable bonds is 4. The summed E-state index contributed by atoms with van der Waals surface area (Å²) in [4.78, 5) is 6.93. The number of benzene rings is 1. The van der Waals surface area contributed by atoms with E-state index in [-0.39, 0.29) is 0 Å². The van der Waals surface area contributed by atoms with Crippen LogP contribution < -0.4 is 4.74 Å². The van der Waals surface area contributed by atoms with E-state index >= 15 is 0 Å². The predicted molar refractivity (Wildman–Crippen MR) is 125 cm³/mol. The Morgan fingerprint density at radius 3 is 2.72 bits per heavy atom. The molecule has 0 spiro atoms. The standard InChI is InChI=1S/C25H29ClN4O2/c1-31-24-12-17(6-7-27-24)25-22-11-16(4-5-23(22)30(26)28-25)18-9-19-13-29(14-20(19)10-18)21-3-2-8-32-15-21/h4-7,11-12,18-21H,2-3,8-10,13-15H2,1H3/t18?,19-,20+,21?. The second-order valence-corrected chi connectivity index (χ2v) is 9.91. The molecule has 168 valence electrons. The molecule has 3 aliphatic rings. The first-order chi connectivity index (χ1) is 15.7. The fourth-order valence-electron chi connectivity index (χ4n) is 6.15. The average Bonchev–Trinajstić information content (AvgIpc) is 3.51. The van der Waals surface area contributed by atoms with Crippen molar-refractivity contribution in [2.75, 3.05) is 33.4 Å². The third-order valence-electron chi connectivity index (χ3n) is 7.78. The number of ether oxygens (including phenoxy) is 2. The summed E-state index contributed by atoms with van der Waals surface area (Å²) in [5.74, 6) is 2.79. The minimum absolute atomic E-state index is 0.576. The Morgan fingerprint density at radius 2 is 1.97 bits per heavy atom. The lowest BCUT2D eigenvalue weighted by Gasteiger charge is -2.31. The van der Waals surface area contributed by atoms with Crippen molar-refractivity contribution in [3.63, 3.8) is 0 Å². The molecular weight excluding hydrogens is 424 g/mol. The van der Waals surface area contributed by atoms with Crippen LogP contribution in [0.15, 0.2) is 36.5 Å². The van der Waals surface area contributed by atoms with E-state index in [0.717, 1.165) is 47.2 Å². The van der Waals surface area contributed by atoms with Gasteiger partial charge >= 0.3 is 0 Å². The van der Waals surface area contributed by atoms with Crippen LogP contribution in [0.4, 0.5) is 0 Å². The molecule has 6 rings (SSSR count). The molecular formula is C25H29ClN4O2. The molecule has 4 atom stereocenters. The second kappa shape index (κ2) is 8.32. The van der Waals surface area contributed by atoms with Crippen LogP contribution in [0.25, 0.3) is 22.2 Å². The maximum Gasteiger partial charge on any atom is 0.213 e. The van der Waals surface area contributed by atoms with Gasteiger partial charge in [-0.05, 0) is 67.2 Å². The fourth-order valence-corrected chi connectivity index (χ4v) is 6.38. The molecule has 4 heterocycles. The van der Waals surface area contributed by atoms with E-state index < -0.39 is 0 Å². The highest BCUT2D eigenvalue weighted by atomic mass is 35.5. The fraction of sp³-hybridized carbons (Fsp3) is 0.520. The number of methoxy groups -OCH3 is 1. The van der Waals surface area contributed by atoms with Gasteiger partial charge in [0.2, 0.25) is 5.88 Å². The van der Waals surface area contributed by atoms with E-state index in [1.54, 1.807) is 13.3 Å². The quantitative estimate of drug-likeness (QED) is 0.573. The number of pyridine rings is 1. The molecule has 0 amide bonds. The van der Waals surface area contributed by atoms with Gasteiger partial charge in [0, 0.05) is 60.7 Å². The highest BCUT2D eigenvalue weighted by Gasteiger charge is 2.43. The van der Waals surface area contributed by atoms with E-state index in [9.17, 15) is 0 Å². The van der Waals surface area contributed by atoms with Crippen molar-refractivity contribution in [1.82, 2.24) is 19.2 Å². The first-order valence-corrected chi connectivity index (χ1v) is 12.0. The van der Waals surface area contributed by atoms with Gasteiger partial charge in [-0.3, -0.25) is 4.90 Å². The summed E-state index contributed by atoms with van der Waals surface area (Å²) in [6, 6.07) is 11.2. The minimum atomic E-state index is 0.576. The largest absolute Gasteiger partial charge is 0.481 e. The number of fused-ring (bicyclic) bond motifs is 2. The zero-order valence-electron chi connectivity index (χ0n) is 18.4. The zero-order valence-corrected chi connectivity index (χ0v) is 19.2. The molecule has 3 aromatic rings. The summed E-state index contributed by atoms with van der Waals surface area (Å²) in [6.45, 7) is 4.33. The smallest absolute Gasteiger partial charge is 0.213 e. The van der Waals surface area contributed by atoms with Crippen molar-refractivity contribution in [1.29, 1.82) is 0 Å². The van der Waals surface area contributed by atoms with Crippen molar-refractivity contribution in [2.24, 2.45) is 11.8 Å². The van der Waals surface area contributed by atoms with Crippen LogP contribution >= 0.6 is 11.8 Å². The molecule has 0 N–H and O–H groups in total. The Kier molecular flexibility index (Phi) is 5.32. The number of halogens is 1. The lowest BCUT2D eigenvalue weighted by molar-refractivity contribution is 0.0238. The summed E-state index contributed by atoms with van der Waals surface area (Å²) in [6.07, 6.45) is 6.79. The Hall–Kier alpha value is -2.15. The molecule has 1 saturated carbocycles. The van der Waals surface area contributed by atoms with Gasteiger partial charge < -0.3 is 9.47 Å². The highest BCUT2D eigenvalue weighted by Crippen LogP contribution is 2.47. The molecule has 0 bridgehead atoms. The Labute approximate surface area is 193 Å². The molecule has 1 aromatic carbocycles.